The summed E-state index contributed by atoms with van der Waals surface area (Å²) >= 11 is 0. The van der Waals surface area contributed by atoms with Crippen LogP contribution in [0, 0.1) is 6.92 Å². The van der Waals surface area contributed by atoms with Crippen molar-refractivity contribution in [2.75, 3.05) is 19.7 Å². The van der Waals surface area contributed by atoms with E-state index in [1.54, 1.807) is 6.20 Å². The molecule has 4 nitrogen and oxygen atoms in total. The first-order valence-corrected chi connectivity index (χ1v) is 5.50. The number of amides is 1. The van der Waals surface area contributed by atoms with Crippen molar-refractivity contribution in [3.8, 4) is 0 Å². The zero-order valence-corrected chi connectivity index (χ0v) is 9.64. The highest BCUT2D eigenvalue weighted by Crippen LogP contribution is 2.10. The summed E-state index contributed by atoms with van der Waals surface area (Å²) < 4.78 is 5.40. The van der Waals surface area contributed by atoms with Crippen molar-refractivity contribution in [3.63, 3.8) is 0 Å². The molecule has 1 aromatic rings. The number of carbonyl (C=O) groups is 1. The van der Waals surface area contributed by atoms with Gasteiger partial charge in [0.15, 0.2) is 0 Å². The summed E-state index contributed by atoms with van der Waals surface area (Å²) in [4.78, 5) is 18.0. The molecule has 1 atom stereocenters. The Kier molecular flexibility index (Phi) is 3.19. The van der Waals surface area contributed by atoms with Crippen LogP contribution >= 0.6 is 0 Å². The molecular weight excluding hydrogens is 204 g/mol. The number of carbonyl (C=O) groups excluding carboxylic acids is 1. The molecule has 0 saturated carbocycles. The molecule has 0 radical (unpaired) electrons. The average Bonchev–Trinajstić information content (AvgIpc) is 2.29. The summed E-state index contributed by atoms with van der Waals surface area (Å²) in [7, 11) is 0. The first kappa shape index (κ1) is 11.1. The fourth-order valence-electron chi connectivity index (χ4n) is 1.78. The Labute approximate surface area is 95.2 Å². The largest absolute Gasteiger partial charge is 0.375 e. The van der Waals surface area contributed by atoms with Crippen LogP contribution in [0.1, 0.15) is 23.0 Å². The van der Waals surface area contributed by atoms with Crippen molar-refractivity contribution in [3.05, 3.63) is 29.6 Å². The van der Waals surface area contributed by atoms with Crippen molar-refractivity contribution in [1.29, 1.82) is 0 Å². The Morgan fingerprint density at radius 1 is 1.56 bits per heavy atom. The van der Waals surface area contributed by atoms with Gasteiger partial charge < -0.3 is 9.64 Å². The van der Waals surface area contributed by atoms with Crippen LogP contribution in [0.25, 0.3) is 0 Å². The van der Waals surface area contributed by atoms with E-state index in [1.165, 1.54) is 0 Å². The van der Waals surface area contributed by atoms with Crippen LogP contribution in [0.2, 0.25) is 0 Å². The molecular formula is C12H16N2O2. The van der Waals surface area contributed by atoms with Gasteiger partial charge in [0.1, 0.15) is 0 Å². The van der Waals surface area contributed by atoms with Crippen LogP contribution in [-0.2, 0) is 4.74 Å². The van der Waals surface area contributed by atoms with E-state index in [1.807, 2.05) is 30.9 Å². The molecule has 0 N–H and O–H groups in total. The summed E-state index contributed by atoms with van der Waals surface area (Å²) in [6.07, 6.45) is 1.76. The van der Waals surface area contributed by atoms with E-state index in [0.29, 0.717) is 25.3 Å². The Bertz CT molecular complexity index is 375. The standard InChI is InChI=1S/C12H16N2O2/c1-9-3-4-11(7-13-9)12(15)14-5-6-16-10(2)8-14/h3-4,7,10H,5-6,8H2,1-2H3. The Balaban J connectivity index is 2.09. The van der Waals surface area contributed by atoms with Gasteiger partial charge in [-0.05, 0) is 26.0 Å². The van der Waals surface area contributed by atoms with Crippen LogP contribution in [0.5, 0.6) is 0 Å². The van der Waals surface area contributed by atoms with Crippen molar-refractivity contribution < 1.29 is 9.53 Å². The molecule has 1 fully saturated rings. The quantitative estimate of drug-likeness (QED) is 0.715. The lowest BCUT2D eigenvalue weighted by molar-refractivity contribution is -0.0124. The van der Waals surface area contributed by atoms with Gasteiger partial charge in [-0.3, -0.25) is 9.78 Å². The number of ether oxygens (including phenoxy) is 1. The van der Waals surface area contributed by atoms with Gasteiger partial charge in [0.2, 0.25) is 0 Å². The average molecular weight is 220 g/mol. The van der Waals surface area contributed by atoms with Crippen LogP contribution in [0.4, 0.5) is 0 Å². The molecule has 1 saturated heterocycles. The van der Waals surface area contributed by atoms with Gasteiger partial charge in [-0.15, -0.1) is 0 Å². The third kappa shape index (κ3) is 2.39. The van der Waals surface area contributed by atoms with E-state index < -0.39 is 0 Å². The number of nitrogens with zero attached hydrogens (tertiary/aromatic N) is 2. The van der Waals surface area contributed by atoms with Gasteiger partial charge in [-0.25, -0.2) is 0 Å². The maximum atomic E-state index is 12.1. The molecule has 2 heterocycles. The van der Waals surface area contributed by atoms with Crippen molar-refractivity contribution in [2.24, 2.45) is 0 Å². The zero-order valence-electron chi connectivity index (χ0n) is 9.64. The van der Waals surface area contributed by atoms with Gasteiger partial charge in [0.25, 0.3) is 5.91 Å². The van der Waals surface area contributed by atoms with Gasteiger partial charge in [-0.1, -0.05) is 0 Å². The smallest absolute Gasteiger partial charge is 0.255 e. The third-order valence-corrected chi connectivity index (χ3v) is 2.69. The molecule has 0 bridgehead atoms. The second-order valence-corrected chi connectivity index (χ2v) is 4.12. The lowest BCUT2D eigenvalue weighted by Gasteiger charge is -2.31. The number of aryl methyl sites for hydroxylation is 1. The highest BCUT2D eigenvalue weighted by atomic mass is 16.5. The fraction of sp³-hybridized carbons (Fsp3) is 0.500. The maximum Gasteiger partial charge on any atom is 0.255 e. The number of hydrogen-bond donors (Lipinski definition) is 0. The molecule has 86 valence electrons. The predicted octanol–water partition coefficient (Wildman–Crippen LogP) is 1.25. The van der Waals surface area contributed by atoms with E-state index in [9.17, 15) is 4.79 Å². The van der Waals surface area contributed by atoms with Crippen molar-refractivity contribution in [1.82, 2.24) is 9.88 Å². The molecule has 1 aromatic heterocycles. The molecule has 0 aliphatic carbocycles. The summed E-state index contributed by atoms with van der Waals surface area (Å²) in [6, 6.07) is 3.68. The van der Waals surface area contributed by atoms with Gasteiger partial charge in [-0.2, -0.15) is 0 Å². The van der Waals surface area contributed by atoms with E-state index in [2.05, 4.69) is 4.98 Å². The molecule has 16 heavy (non-hydrogen) atoms. The maximum absolute atomic E-state index is 12.1. The third-order valence-electron chi connectivity index (χ3n) is 2.69. The zero-order chi connectivity index (χ0) is 11.5. The summed E-state index contributed by atoms with van der Waals surface area (Å²) in [6.45, 7) is 5.83. The highest BCUT2D eigenvalue weighted by Gasteiger charge is 2.22. The molecule has 4 heteroatoms. The Hall–Kier alpha value is -1.42. The summed E-state index contributed by atoms with van der Waals surface area (Å²) in [5.74, 6) is 0.0441. The van der Waals surface area contributed by atoms with Crippen LogP contribution in [-0.4, -0.2) is 41.6 Å². The van der Waals surface area contributed by atoms with Gasteiger partial charge in [0, 0.05) is 25.0 Å². The number of aromatic nitrogens is 1. The monoisotopic (exact) mass is 220 g/mol. The van der Waals surface area contributed by atoms with Crippen LogP contribution in [0.3, 0.4) is 0 Å². The van der Waals surface area contributed by atoms with E-state index in [4.69, 9.17) is 4.74 Å². The number of pyridine rings is 1. The van der Waals surface area contributed by atoms with Gasteiger partial charge in [0.05, 0.1) is 18.3 Å². The predicted molar refractivity (Wildman–Crippen MR) is 60.3 cm³/mol. The lowest BCUT2D eigenvalue weighted by Crippen LogP contribution is -2.44. The molecule has 0 aromatic carbocycles. The Morgan fingerprint density at radius 3 is 3.00 bits per heavy atom. The van der Waals surface area contributed by atoms with E-state index >= 15 is 0 Å². The highest BCUT2D eigenvalue weighted by molar-refractivity contribution is 5.94. The number of morpholine rings is 1. The minimum absolute atomic E-state index is 0.0441. The lowest BCUT2D eigenvalue weighted by atomic mass is 10.2. The number of hydrogen-bond acceptors (Lipinski definition) is 3. The first-order chi connectivity index (χ1) is 7.66. The minimum Gasteiger partial charge on any atom is -0.375 e. The molecule has 1 unspecified atom stereocenters. The molecule has 1 amide bonds. The van der Waals surface area contributed by atoms with Crippen molar-refractivity contribution in [2.45, 2.75) is 20.0 Å². The van der Waals surface area contributed by atoms with Crippen molar-refractivity contribution >= 4 is 5.91 Å². The topological polar surface area (TPSA) is 42.4 Å². The minimum atomic E-state index is 0.0441. The van der Waals surface area contributed by atoms with Crippen LogP contribution < -0.4 is 0 Å². The molecule has 1 aliphatic rings. The van der Waals surface area contributed by atoms with E-state index in [0.717, 1.165) is 5.69 Å². The molecule has 0 spiro atoms. The molecule has 1 aliphatic heterocycles. The molecule has 2 rings (SSSR count). The second-order valence-electron chi connectivity index (χ2n) is 4.12. The first-order valence-electron chi connectivity index (χ1n) is 5.50. The Morgan fingerprint density at radius 2 is 2.38 bits per heavy atom. The fourth-order valence-corrected chi connectivity index (χ4v) is 1.78. The summed E-state index contributed by atoms with van der Waals surface area (Å²) in [5, 5.41) is 0. The second kappa shape index (κ2) is 4.61. The summed E-state index contributed by atoms with van der Waals surface area (Å²) in [5.41, 5.74) is 1.58. The normalized spacial score (nSPS) is 20.9. The van der Waals surface area contributed by atoms with E-state index in [-0.39, 0.29) is 12.0 Å². The van der Waals surface area contributed by atoms with Gasteiger partial charge >= 0.3 is 0 Å². The number of rotatable bonds is 1. The SMILES string of the molecule is Cc1ccc(C(=O)N2CCOC(C)C2)cn1. The van der Waals surface area contributed by atoms with Crippen LogP contribution in [0.15, 0.2) is 18.3 Å².